The van der Waals surface area contributed by atoms with Crippen LogP contribution >= 0.6 is 0 Å². The predicted molar refractivity (Wildman–Crippen MR) is 108 cm³/mol. The molecule has 3 nitrogen and oxygen atoms in total. The first-order valence-electron chi connectivity index (χ1n) is 11.4. The van der Waals surface area contributed by atoms with Crippen molar-refractivity contribution in [2.45, 2.75) is 79.1 Å². The molecular formula is C24H37NO2. The van der Waals surface area contributed by atoms with Crippen LogP contribution in [0.3, 0.4) is 0 Å². The quantitative estimate of drug-likeness (QED) is 0.700. The Balaban J connectivity index is 1.60. The number of fused-ring (bicyclic) bond motifs is 5. The normalized spacial score (nSPS) is 43.4. The van der Waals surface area contributed by atoms with Gasteiger partial charge in [-0.2, -0.15) is 0 Å². The minimum atomic E-state index is 0.183. The number of allylic oxidation sites excluding steroid dienone is 1. The lowest BCUT2D eigenvalue weighted by atomic mass is 9.47. The number of carbonyl (C=O) groups excluding carboxylic acids is 2. The van der Waals surface area contributed by atoms with E-state index in [1.165, 1.54) is 31.3 Å². The molecule has 6 atom stereocenters. The third-order valence-electron chi connectivity index (χ3n) is 9.34. The largest absolute Gasteiger partial charge is 0.343 e. The van der Waals surface area contributed by atoms with Gasteiger partial charge in [0.1, 0.15) is 0 Å². The topological polar surface area (TPSA) is 37.4 Å². The molecule has 0 aromatic carbocycles. The Kier molecular flexibility index (Phi) is 4.79. The summed E-state index contributed by atoms with van der Waals surface area (Å²) in [6.07, 6.45) is 10.8. The molecule has 3 saturated carbocycles. The van der Waals surface area contributed by atoms with Crippen LogP contribution in [-0.4, -0.2) is 29.7 Å². The van der Waals surface area contributed by atoms with E-state index in [2.05, 4.69) is 32.6 Å². The number of hydrogen-bond donors (Lipinski definition) is 0. The van der Waals surface area contributed by atoms with Gasteiger partial charge in [0.05, 0.1) is 0 Å². The Morgan fingerprint density at radius 2 is 1.78 bits per heavy atom. The lowest BCUT2D eigenvalue weighted by molar-refractivity contribution is -0.142. The van der Waals surface area contributed by atoms with E-state index in [-0.39, 0.29) is 16.7 Å². The molecule has 0 aromatic heterocycles. The van der Waals surface area contributed by atoms with Crippen molar-refractivity contribution in [1.29, 1.82) is 0 Å². The molecule has 0 heterocycles. The summed E-state index contributed by atoms with van der Waals surface area (Å²) in [6, 6.07) is 0. The number of amides is 1. The van der Waals surface area contributed by atoms with Crippen molar-refractivity contribution in [2.24, 2.45) is 34.5 Å². The van der Waals surface area contributed by atoms with Gasteiger partial charge in [0, 0.05) is 25.4 Å². The van der Waals surface area contributed by atoms with E-state index >= 15 is 0 Å². The molecule has 0 saturated heterocycles. The van der Waals surface area contributed by atoms with E-state index in [0.717, 1.165) is 44.7 Å². The first kappa shape index (κ1) is 19.2. The molecule has 0 bridgehead atoms. The summed E-state index contributed by atoms with van der Waals surface area (Å²) in [6.45, 7) is 10.8. The van der Waals surface area contributed by atoms with E-state index in [4.69, 9.17) is 0 Å². The van der Waals surface area contributed by atoms with E-state index in [1.54, 1.807) is 0 Å². The standard InChI is InChI=1S/C24H37NO2/c1-5-25(6-2)22(27)21-10-9-19-18-8-7-16-15-17(26)11-13-23(16,3)20(18)12-14-24(19,21)4/h15,18-21H,5-14H2,1-4H3/t18-,19-,20+,21?,23-,24-/m0/s1. The van der Waals surface area contributed by atoms with Gasteiger partial charge in [-0.05, 0) is 93.5 Å². The smallest absolute Gasteiger partial charge is 0.226 e. The number of hydrogen-bond acceptors (Lipinski definition) is 2. The van der Waals surface area contributed by atoms with Crippen LogP contribution < -0.4 is 0 Å². The van der Waals surface area contributed by atoms with E-state index < -0.39 is 0 Å². The molecule has 4 aliphatic rings. The summed E-state index contributed by atoms with van der Waals surface area (Å²) in [5.41, 5.74) is 1.86. The van der Waals surface area contributed by atoms with Crippen molar-refractivity contribution in [3.63, 3.8) is 0 Å². The Labute approximate surface area is 165 Å². The zero-order chi connectivity index (χ0) is 19.4. The second-order valence-corrected chi connectivity index (χ2v) is 10.2. The van der Waals surface area contributed by atoms with Crippen molar-refractivity contribution in [3.05, 3.63) is 11.6 Å². The van der Waals surface area contributed by atoms with Crippen molar-refractivity contribution in [1.82, 2.24) is 4.90 Å². The molecule has 0 N–H and O–H groups in total. The monoisotopic (exact) mass is 371 g/mol. The van der Waals surface area contributed by atoms with Gasteiger partial charge in [-0.15, -0.1) is 0 Å². The minimum absolute atomic E-state index is 0.183. The fourth-order valence-corrected chi connectivity index (χ4v) is 7.72. The maximum absolute atomic E-state index is 13.2. The van der Waals surface area contributed by atoms with Crippen molar-refractivity contribution in [2.75, 3.05) is 13.1 Å². The maximum Gasteiger partial charge on any atom is 0.226 e. The summed E-state index contributed by atoms with van der Waals surface area (Å²) in [5, 5.41) is 0. The van der Waals surface area contributed by atoms with Gasteiger partial charge in [0.15, 0.2) is 5.78 Å². The molecule has 0 aromatic rings. The average molecular weight is 372 g/mol. The molecule has 0 spiro atoms. The first-order chi connectivity index (χ1) is 12.8. The molecule has 4 aliphatic carbocycles. The molecule has 3 heteroatoms. The number of ketones is 1. The molecule has 3 fully saturated rings. The summed E-state index contributed by atoms with van der Waals surface area (Å²) in [4.78, 5) is 27.3. The Morgan fingerprint density at radius 3 is 2.48 bits per heavy atom. The molecule has 1 unspecified atom stereocenters. The second-order valence-electron chi connectivity index (χ2n) is 10.2. The Bertz CT molecular complexity index is 663. The SMILES string of the molecule is CCN(CC)C(=O)C1CC[C@H]2[C@@H]3CCC4=CC(=O)CC[C@]4(C)[C@@H]3CC[C@]12C. The molecule has 27 heavy (non-hydrogen) atoms. The molecular weight excluding hydrogens is 334 g/mol. The van der Waals surface area contributed by atoms with Gasteiger partial charge >= 0.3 is 0 Å². The van der Waals surface area contributed by atoms with Crippen LogP contribution in [0.15, 0.2) is 11.6 Å². The van der Waals surface area contributed by atoms with E-state index in [0.29, 0.717) is 23.5 Å². The molecule has 1 amide bonds. The van der Waals surface area contributed by atoms with Crippen LogP contribution in [0.1, 0.15) is 79.1 Å². The highest BCUT2D eigenvalue weighted by molar-refractivity contribution is 5.91. The van der Waals surface area contributed by atoms with Crippen LogP contribution in [0, 0.1) is 34.5 Å². The van der Waals surface area contributed by atoms with Gasteiger partial charge in [0.2, 0.25) is 5.91 Å². The minimum Gasteiger partial charge on any atom is -0.343 e. The van der Waals surface area contributed by atoms with Gasteiger partial charge in [-0.1, -0.05) is 19.4 Å². The summed E-state index contributed by atoms with van der Waals surface area (Å²) in [5.74, 6) is 3.12. The molecule has 4 rings (SSSR count). The fourth-order valence-electron chi connectivity index (χ4n) is 7.72. The fraction of sp³-hybridized carbons (Fsp3) is 0.833. The molecule has 0 aliphatic heterocycles. The average Bonchev–Trinajstić information content (AvgIpc) is 3.00. The highest BCUT2D eigenvalue weighted by Gasteiger charge is 2.60. The summed E-state index contributed by atoms with van der Waals surface area (Å²) >= 11 is 0. The van der Waals surface area contributed by atoms with Crippen LogP contribution in [0.4, 0.5) is 0 Å². The third-order valence-corrected chi connectivity index (χ3v) is 9.34. The van der Waals surface area contributed by atoms with Crippen molar-refractivity contribution < 1.29 is 9.59 Å². The first-order valence-corrected chi connectivity index (χ1v) is 11.4. The number of carbonyl (C=O) groups is 2. The Morgan fingerprint density at radius 1 is 1.04 bits per heavy atom. The molecule has 150 valence electrons. The zero-order valence-electron chi connectivity index (χ0n) is 17.7. The summed E-state index contributed by atoms with van der Waals surface area (Å²) < 4.78 is 0. The van der Waals surface area contributed by atoms with Crippen molar-refractivity contribution in [3.8, 4) is 0 Å². The third kappa shape index (κ3) is 2.75. The second kappa shape index (κ2) is 6.74. The zero-order valence-corrected chi connectivity index (χ0v) is 17.7. The maximum atomic E-state index is 13.2. The summed E-state index contributed by atoms with van der Waals surface area (Å²) in [7, 11) is 0. The van der Waals surface area contributed by atoms with Gasteiger partial charge < -0.3 is 4.90 Å². The number of nitrogens with zero attached hydrogens (tertiary/aromatic N) is 1. The van der Waals surface area contributed by atoms with Gasteiger partial charge in [-0.3, -0.25) is 9.59 Å². The highest BCUT2D eigenvalue weighted by Crippen LogP contribution is 2.66. The Hall–Kier alpha value is -1.12. The lowest BCUT2D eigenvalue weighted by Crippen LogP contribution is -2.52. The van der Waals surface area contributed by atoms with Gasteiger partial charge in [-0.25, -0.2) is 0 Å². The lowest BCUT2D eigenvalue weighted by Gasteiger charge is -2.58. The van der Waals surface area contributed by atoms with E-state index in [1.807, 2.05) is 6.08 Å². The molecule has 0 radical (unpaired) electrons. The highest BCUT2D eigenvalue weighted by atomic mass is 16.2. The van der Waals surface area contributed by atoms with Crippen molar-refractivity contribution >= 4 is 11.7 Å². The van der Waals surface area contributed by atoms with E-state index in [9.17, 15) is 9.59 Å². The van der Waals surface area contributed by atoms with Crippen LogP contribution in [0.2, 0.25) is 0 Å². The number of rotatable bonds is 3. The van der Waals surface area contributed by atoms with Crippen LogP contribution in [-0.2, 0) is 9.59 Å². The van der Waals surface area contributed by atoms with Crippen LogP contribution in [0.25, 0.3) is 0 Å². The van der Waals surface area contributed by atoms with Crippen LogP contribution in [0.5, 0.6) is 0 Å². The predicted octanol–water partition coefficient (Wildman–Crippen LogP) is 5.00. The van der Waals surface area contributed by atoms with Gasteiger partial charge in [0.25, 0.3) is 0 Å².